The van der Waals surface area contributed by atoms with Gasteiger partial charge in [-0.3, -0.25) is 19.4 Å². The fourth-order valence-corrected chi connectivity index (χ4v) is 10.1. The molecule has 2 aliphatic carbocycles. The molecule has 0 spiro atoms. The SMILES string of the molecule is CC(C)(C)OC(=O)N1CC(F)(F)CC1COC(=O)N[C@H]1CCc2c(C(=O)Nc3ccc(F)c(Cl)c3)ccc(F)c21.CC(C)(C)OC(=O)N1CC(F)(F)C[C@H]1COC(=O)n1ccnc1.Cl.N[C@H]1CCc2c(C(=O)Nc3ccc(F)c(Cl)c3)ccc(F)c21. The molecular formula is C57H61Cl3F8N8O10. The number of carbonyl (C=O) groups is 6. The van der Waals surface area contributed by atoms with Crippen molar-refractivity contribution < 1.29 is 82.8 Å². The first-order chi connectivity index (χ1) is 39.7. The monoisotopic (exact) mass is 1270 g/mol. The number of hydrogen-bond acceptors (Lipinski definition) is 12. The summed E-state index contributed by atoms with van der Waals surface area (Å²) in [7, 11) is 0. The Morgan fingerprint density at radius 2 is 1.08 bits per heavy atom. The van der Waals surface area contributed by atoms with Gasteiger partial charge in [-0.05, 0) is 139 Å². The number of imidazole rings is 1. The second kappa shape index (κ2) is 27.5. The average molecular weight is 1280 g/mol. The normalized spacial score (nSPS) is 18.8. The Bertz CT molecular complexity index is 3330. The van der Waals surface area contributed by atoms with Gasteiger partial charge in [0.05, 0.1) is 41.3 Å². The molecule has 0 bridgehead atoms. The minimum absolute atomic E-state index is 0. The van der Waals surface area contributed by atoms with Crippen molar-refractivity contribution in [1.29, 1.82) is 0 Å². The molecule has 18 nitrogen and oxygen atoms in total. The first kappa shape index (κ1) is 67.7. The van der Waals surface area contributed by atoms with Crippen molar-refractivity contribution in [2.45, 2.75) is 127 Å². The fraction of sp³-hybridized carbons (Fsp3) is 0.421. The molecule has 0 radical (unpaired) electrons. The van der Waals surface area contributed by atoms with Crippen molar-refractivity contribution in [2.75, 3.05) is 36.9 Å². The number of benzene rings is 4. The number of alkyl carbamates (subject to hydrolysis) is 1. The molecule has 4 aromatic carbocycles. The number of aromatic nitrogens is 2. The van der Waals surface area contributed by atoms with Crippen LogP contribution in [0.5, 0.6) is 0 Å². The number of hydrogen-bond donors (Lipinski definition) is 4. The summed E-state index contributed by atoms with van der Waals surface area (Å²) in [5, 5.41) is 7.48. The number of fused-ring (bicyclic) bond motifs is 2. The zero-order chi connectivity index (χ0) is 62.5. The number of rotatable bonds is 9. The van der Waals surface area contributed by atoms with Crippen molar-refractivity contribution >= 4 is 83.2 Å². The predicted octanol–water partition coefficient (Wildman–Crippen LogP) is 13.0. The van der Waals surface area contributed by atoms with E-state index >= 15 is 0 Å². The van der Waals surface area contributed by atoms with Gasteiger partial charge < -0.3 is 40.6 Å². The molecule has 9 rings (SSSR count). The number of amides is 5. The summed E-state index contributed by atoms with van der Waals surface area (Å²) in [6.45, 7) is 7.26. The van der Waals surface area contributed by atoms with Crippen molar-refractivity contribution in [3.05, 3.63) is 146 Å². The van der Waals surface area contributed by atoms with Crippen LogP contribution in [0.1, 0.15) is 122 Å². The minimum atomic E-state index is -3.18. The van der Waals surface area contributed by atoms with Crippen LogP contribution in [0.2, 0.25) is 10.0 Å². The number of alkyl halides is 4. The first-order valence-corrected chi connectivity index (χ1v) is 27.2. The number of halogens is 11. The molecule has 5 N–H and O–H groups in total. The molecular weight excluding hydrogens is 1220 g/mol. The van der Waals surface area contributed by atoms with Gasteiger partial charge in [-0.15, -0.1) is 12.4 Å². The van der Waals surface area contributed by atoms with E-state index in [0.29, 0.717) is 40.8 Å². The molecule has 1 aromatic heterocycles. The summed E-state index contributed by atoms with van der Waals surface area (Å²) < 4.78 is 132. The Hall–Kier alpha value is -7.42. The van der Waals surface area contributed by atoms with E-state index in [2.05, 4.69) is 20.9 Å². The molecule has 29 heteroatoms. The van der Waals surface area contributed by atoms with Crippen LogP contribution in [0.15, 0.2) is 79.4 Å². The van der Waals surface area contributed by atoms with Crippen LogP contribution in [0.25, 0.3) is 0 Å². The lowest BCUT2D eigenvalue weighted by Gasteiger charge is -2.28. The lowest BCUT2D eigenvalue weighted by atomic mass is 10.0. The van der Waals surface area contributed by atoms with E-state index in [1.165, 1.54) is 67.3 Å². The molecule has 86 heavy (non-hydrogen) atoms. The number of likely N-dealkylation sites (tertiary alicyclic amines) is 2. The van der Waals surface area contributed by atoms with Crippen LogP contribution in [-0.2, 0) is 31.8 Å². The maximum Gasteiger partial charge on any atom is 0.419 e. The van der Waals surface area contributed by atoms with E-state index in [1.54, 1.807) is 41.5 Å². The molecule has 2 fully saturated rings. The molecule has 4 aliphatic rings. The van der Waals surface area contributed by atoms with E-state index in [4.69, 9.17) is 47.9 Å². The van der Waals surface area contributed by atoms with Crippen LogP contribution >= 0.6 is 35.6 Å². The zero-order valence-electron chi connectivity index (χ0n) is 47.0. The highest BCUT2D eigenvalue weighted by molar-refractivity contribution is 6.31. The third kappa shape index (κ3) is 17.6. The molecule has 5 aromatic rings. The standard InChI is InChI=1S/C27H28ClF4N3O5.C16H13ClF2N2O.C14H19F2N3O4.ClH/c1-26(2,3)40-25(38)35-13-27(31,32)11-15(35)12-39-24(37)34-21-9-6-16-17(5-8-20(30)22(16)21)23(36)33-14-4-7-19(29)18(28)10-14;17-11-7-8(1-4-12(11)18)21-16(22)10-2-5-13(19)15-9(10)3-6-14(15)20;1-13(2,3)23-12(21)19-8-14(15,16)6-10(19)7-22-11(20)18-5-4-17-9-18;/h4-5,7-8,10,15,21H,6,9,11-13H2,1-3H3,(H,33,36)(H,34,37);1-2,4-5,7,14H,3,6,20H2,(H,21,22);4-5,9-10H,6-8H2,1-3H3;1H/t15?,21-;14-;10-;/m000./s1. The van der Waals surface area contributed by atoms with Crippen LogP contribution in [-0.4, -0.2) is 117 Å². The smallest absolute Gasteiger partial charge is 0.419 e. The van der Waals surface area contributed by atoms with Crippen LogP contribution in [0.3, 0.4) is 0 Å². The van der Waals surface area contributed by atoms with Crippen LogP contribution in [0.4, 0.5) is 65.7 Å². The Kier molecular flexibility index (Phi) is 21.7. The summed E-state index contributed by atoms with van der Waals surface area (Å²) in [6.07, 6.45) is 0.840. The molecule has 2 aliphatic heterocycles. The van der Waals surface area contributed by atoms with Gasteiger partial charge in [0, 0.05) is 64.9 Å². The maximum absolute atomic E-state index is 14.8. The summed E-state index contributed by atoms with van der Waals surface area (Å²) in [4.78, 5) is 79.4. The third-order valence-corrected chi connectivity index (χ3v) is 14.0. The molecule has 466 valence electrons. The highest BCUT2D eigenvalue weighted by atomic mass is 35.5. The number of anilines is 2. The van der Waals surface area contributed by atoms with Gasteiger partial charge in [0.1, 0.15) is 54.0 Å². The predicted molar refractivity (Wildman–Crippen MR) is 301 cm³/mol. The second-order valence-corrected chi connectivity index (χ2v) is 23.1. The highest BCUT2D eigenvalue weighted by Crippen LogP contribution is 2.39. The van der Waals surface area contributed by atoms with E-state index in [9.17, 15) is 63.9 Å². The molecule has 0 saturated carbocycles. The van der Waals surface area contributed by atoms with Gasteiger partial charge in [-0.25, -0.2) is 63.9 Å². The molecule has 3 heterocycles. The van der Waals surface area contributed by atoms with Crippen LogP contribution in [0, 0.1) is 23.3 Å². The van der Waals surface area contributed by atoms with Gasteiger partial charge in [0.15, 0.2) is 0 Å². The number of nitrogens with two attached hydrogens (primary N) is 1. The largest absolute Gasteiger partial charge is 0.447 e. The van der Waals surface area contributed by atoms with Crippen LogP contribution < -0.4 is 21.7 Å². The number of carbonyl (C=O) groups excluding carboxylic acids is 6. The van der Waals surface area contributed by atoms with Gasteiger partial charge >= 0.3 is 24.4 Å². The maximum atomic E-state index is 14.8. The number of nitrogens with one attached hydrogen (secondary N) is 3. The summed E-state index contributed by atoms with van der Waals surface area (Å²) >= 11 is 11.4. The summed E-state index contributed by atoms with van der Waals surface area (Å²) in [5.74, 6) is -9.43. The highest BCUT2D eigenvalue weighted by Gasteiger charge is 2.50. The molecule has 1 unspecified atom stereocenters. The topological polar surface area (TPSA) is 226 Å². The van der Waals surface area contributed by atoms with Gasteiger partial charge in [0.25, 0.3) is 23.7 Å². The van der Waals surface area contributed by atoms with E-state index in [1.807, 2.05) is 0 Å². The minimum Gasteiger partial charge on any atom is -0.447 e. The van der Waals surface area contributed by atoms with Gasteiger partial charge in [0.2, 0.25) is 0 Å². The molecule has 5 amide bonds. The second-order valence-electron chi connectivity index (χ2n) is 22.3. The quantitative estimate of drug-likeness (QED) is 0.0799. The fourth-order valence-electron chi connectivity index (χ4n) is 9.71. The van der Waals surface area contributed by atoms with E-state index in [-0.39, 0.29) is 70.6 Å². The molecule has 4 atom stereocenters. The Morgan fingerprint density at radius 3 is 1.53 bits per heavy atom. The third-order valence-electron chi connectivity index (χ3n) is 13.4. The lowest BCUT2D eigenvalue weighted by Crippen LogP contribution is -2.43. The first-order valence-electron chi connectivity index (χ1n) is 26.4. The van der Waals surface area contributed by atoms with E-state index in [0.717, 1.165) is 26.5 Å². The van der Waals surface area contributed by atoms with Crippen molar-refractivity contribution in [1.82, 2.24) is 24.7 Å². The number of nitrogens with zero attached hydrogens (tertiary/aromatic N) is 4. The summed E-state index contributed by atoms with van der Waals surface area (Å²) in [5.41, 5.74) is 6.85. The number of ether oxygens (including phenoxy) is 4. The van der Waals surface area contributed by atoms with Gasteiger partial charge in [-0.2, -0.15) is 0 Å². The Morgan fingerprint density at radius 1 is 0.640 bits per heavy atom. The van der Waals surface area contributed by atoms with Gasteiger partial charge in [-0.1, -0.05) is 23.2 Å². The summed E-state index contributed by atoms with van der Waals surface area (Å²) in [6, 6.07) is 9.37. The average Bonchev–Trinajstić information content (AvgIpc) is 2.07. The van der Waals surface area contributed by atoms with Crippen molar-refractivity contribution in [2.24, 2.45) is 5.73 Å². The van der Waals surface area contributed by atoms with E-state index < -0.39 is 127 Å². The molecule has 2 saturated heterocycles. The van der Waals surface area contributed by atoms with Crippen molar-refractivity contribution in [3.63, 3.8) is 0 Å². The lowest BCUT2D eigenvalue weighted by molar-refractivity contribution is -0.00299. The van der Waals surface area contributed by atoms with Crippen molar-refractivity contribution in [3.8, 4) is 0 Å². The Balaban J connectivity index is 0.000000220. The zero-order valence-corrected chi connectivity index (χ0v) is 49.4. The Labute approximate surface area is 504 Å².